The van der Waals surface area contributed by atoms with Crippen molar-refractivity contribution in [1.29, 1.82) is 0 Å². The highest BCUT2D eigenvalue weighted by Crippen LogP contribution is 2.40. The van der Waals surface area contributed by atoms with E-state index in [0.717, 1.165) is 25.0 Å². The molecule has 1 N–H and O–H groups in total. The number of fused-ring (bicyclic) bond motifs is 1. The molecule has 0 aliphatic heterocycles. The Hall–Kier alpha value is -2.28. The largest absolute Gasteiger partial charge is 0.298 e. The van der Waals surface area contributed by atoms with Gasteiger partial charge in [0.1, 0.15) is 0 Å². The first-order valence-corrected chi connectivity index (χ1v) is 9.10. The number of carbonyl (C=O) groups is 1. The molecule has 1 aliphatic carbocycles. The average molecular weight is 359 g/mol. The number of anilines is 1. The van der Waals surface area contributed by atoms with E-state index >= 15 is 0 Å². The summed E-state index contributed by atoms with van der Waals surface area (Å²) < 4.78 is 0. The van der Waals surface area contributed by atoms with Crippen molar-refractivity contribution < 1.29 is 9.72 Å². The van der Waals surface area contributed by atoms with Crippen LogP contribution in [0.5, 0.6) is 0 Å². The van der Waals surface area contributed by atoms with Gasteiger partial charge in [-0.1, -0.05) is 26.8 Å². The van der Waals surface area contributed by atoms with E-state index < -0.39 is 4.92 Å². The maximum Gasteiger partial charge on any atom is 0.270 e. The second-order valence-corrected chi connectivity index (χ2v) is 8.54. The number of amides is 1. The molecule has 1 aliphatic rings. The summed E-state index contributed by atoms with van der Waals surface area (Å²) in [5, 5.41) is 14.2. The number of aromatic nitrogens is 1. The number of non-ortho nitro benzene ring substituents is 1. The highest BCUT2D eigenvalue weighted by Gasteiger charge is 2.30. The molecule has 0 bridgehead atoms. The molecule has 2 aromatic rings. The normalized spacial score (nSPS) is 17.0. The van der Waals surface area contributed by atoms with Crippen LogP contribution in [-0.2, 0) is 12.8 Å². The molecule has 0 saturated heterocycles. The number of carbonyl (C=O) groups excluding carboxylic acids is 1. The number of thiazole rings is 1. The van der Waals surface area contributed by atoms with Crippen LogP contribution in [0, 0.1) is 21.4 Å². The predicted octanol–water partition coefficient (Wildman–Crippen LogP) is 4.45. The van der Waals surface area contributed by atoms with E-state index in [9.17, 15) is 14.9 Å². The maximum atomic E-state index is 12.4. The molecule has 6 nitrogen and oxygen atoms in total. The molecule has 0 saturated carbocycles. The topological polar surface area (TPSA) is 85.1 Å². The summed E-state index contributed by atoms with van der Waals surface area (Å²) in [7, 11) is 0. The first kappa shape index (κ1) is 17.5. The van der Waals surface area contributed by atoms with E-state index in [-0.39, 0.29) is 22.6 Å². The lowest BCUT2D eigenvalue weighted by Gasteiger charge is -2.33. The number of nitro groups is 1. The predicted molar refractivity (Wildman–Crippen MR) is 98.1 cm³/mol. The van der Waals surface area contributed by atoms with Crippen molar-refractivity contribution >= 4 is 28.1 Å². The third kappa shape index (κ3) is 3.87. The highest BCUT2D eigenvalue weighted by atomic mass is 32.1. The van der Waals surface area contributed by atoms with Gasteiger partial charge in [0.15, 0.2) is 5.13 Å². The number of benzene rings is 1. The van der Waals surface area contributed by atoms with Gasteiger partial charge in [-0.05, 0) is 36.7 Å². The standard InChI is InChI=1S/C18H21N3O3S/c1-18(2,3)12-7-8-14-15(10-12)25-17(19-14)20-16(22)11-5-4-6-13(9-11)21(23)24/h4-6,9,12H,7-8,10H2,1-3H3,(H,19,20,22)/t12-/m0/s1. The van der Waals surface area contributed by atoms with E-state index in [0.29, 0.717) is 11.0 Å². The minimum atomic E-state index is -0.508. The molecule has 1 atom stereocenters. The minimum Gasteiger partial charge on any atom is -0.298 e. The summed E-state index contributed by atoms with van der Waals surface area (Å²) in [5.74, 6) is 0.239. The van der Waals surface area contributed by atoms with Crippen LogP contribution in [0.25, 0.3) is 0 Å². The monoisotopic (exact) mass is 359 g/mol. The molecule has 25 heavy (non-hydrogen) atoms. The Kier molecular flexibility index (Phi) is 4.60. The summed E-state index contributed by atoms with van der Waals surface area (Å²) in [6.07, 6.45) is 3.03. The molecule has 0 radical (unpaired) electrons. The molecule has 1 aromatic carbocycles. The SMILES string of the molecule is CC(C)(C)[C@H]1CCc2nc(NC(=O)c3cccc([N+](=O)[O-])c3)sc2C1. The van der Waals surface area contributed by atoms with Gasteiger partial charge in [0.05, 0.1) is 10.6 Å². The van der Waals surface area contributed by atoms with E-state index in [1.807, 2.05) is 0 Å². The van der Waals surface area contributed by atoms with Crippen molar-refractivity contribution in [3.63, 3.8) is 0 Å². The quantitative estimate of drug-likeness (QED) is 0.648. The first-order chi connectivity index (χ1) is 11.7. The van der Waals surface area contributed by atoms with Crippen LogP contribution in [-0.4, -0.2) is 15.8 Å². The van der Waals surface area contributed by atoms with Crippen molar-refractivity contribution in [3.05, 3.63) is 50.5 Å². The third-order valence-corrected chi connectivity index (χ3v) is 5.74. The first-order valence-electron chi connectivity index (χ1n) is 8.28. The van der Waals surface area contributed by atoms with Gasteiger partial charge in [-0.2, -0.15) is 0 Å². The van der Waals surface area contributed by atoms with Crippen molar-refractivity contribution in [2.45, 2.75) is 40.0 Å². The van der Waals surface area contributed by atoms with Crippen LogP contribution in [0.4, 0.5) is 10.8 Å². The smallest absolute Gasteiger partial charge is 0.270 e. The lowest BCUT2D eigenvalue weighted by atomic mass is 9.73. The number of rotatable bonds is 3. The van der Waals surface area contributed by atoms with Crippen LogP contribution >= 0.6 is 11.3 Å². The van der Waals surface area contributed by atoms with Crippen molar-refractivity contribution in [3.8, 4) is 0 Å². The second-order valence-electron chi connectivity index (χ2n) is 7.46. The van der Waals surface area contributed by atoms with Gasteiger partial charge in [-0.3, -0.25) is 20.2 Å². The van der Waals surface area contributed by atoms with Crippen LogP contribution < -0.4 is 5.32 Å². The zero-order valence-electron chi connectivity index (χ0n) is 14.5. The van der Waals surface area contributed by atoms with Crippen molar-refractivity contribution in [2.24, 2.45) is 11.3 Å². The molecule has 0 fully saturated rings. The van der Waals surface area contributed by atoms with Gasteiger partial charge in [0.25, 0.3) is 11.6 Å². The number of nitrogens with zero attached hydrogens (tertiary/aromatic N) is 2. The van der Waals surface area contributed by atoms with Crippen LogP contribution in [0.3, 0.4) is 0 Å². The van der Waals surface area contributed by atoms with Crippen LogP contribution in [0.15, 0.2) is 24.3 Å². The van der Waals surface area contributed by atoms with Gasteiger partial charge >= 0.3 is 0 Å². The number of hydrogen-bond acceptors (Lipinski definition) is 5. The molecule has 132 valence electrons. The summed E-state index contributed by atoms with van der Waals surface area (Å²) in [5.41, 5.74) is 1.49. The second kappa shape index (κ2) is 6.55. The molecule has 1 aromatic heterocycles. The fraction of sp³-hybridized carbons (Fsp3) is 0.444. The van der Waals surface area contributed by atoms with Crippen LogP contribution in [0.1, 0.15) is 48.1 Å². The lowest BCUT2D eigenvalue weighted by molar-refractivity contribution is -0.384. The minimum absolute atomic E-state index is 0.0981. The number of hydrogen-bond donors (Lipinski definition) is 1. The fourth-order valence-electron chi connectivity index (χ4n) is 3.10. The van der Waals surface area contributed by atoms with Crippen molar-refractivity contribution in [1.82, 2.24) is 4.98 Å². The molecule has 0 unspecified atom stereocenters. The maximum absolute atomic E-state index is 12.4. The Bertz CT molecular complexity index is 823. The average Bonchev–Trinajstić information content (AvgIpc) is 2.95. The Balaban J connectivity index is 1.75. The van der Waals surface area contributed by atoms with E-state index in [2.05, 4.69) is 31.1 Å². The molecule has 0 spiro atoms. The third-order valence-electron chi connectivity index (χ3n) is 4.70. The van der Waals surface area contributed by atoms with E-state index in [1.165, 1.54) is 34.4 Å². The Morgan fingerprint density at radius 3 is 2.84 bits per heavy atom. The van der Waals surface area contributed by atoms with Crippen molar-refractivity contribution in [2.75, 3.05) is 5.32 Å². The number of nitrogens with one attached hydrogen (secondary N) is 1. The Labute approximate surface area is 150 Å². The Morgan fingerprint density at radius 1 is 1.40 bits per heavy atom. The van der Waals surface area contributed by atoms with Gasteiger partial charge in [0.2, 0.25) is 0 Å². The number of aryl methyl sites for hydroxylation is 1. The number of nitro benzene ring substituents is 1. The molecular formula is C18H21N3O3S. The fourth-order valence-corrected chi connectivity index (χ4v) is 4.18. The highest BCUT2D eigenvalue weighted by molar-refractivity contribution is 7.15. The van der Waals surface area contributed by atoms with Crippen LogP contribution in [0.2, 0.25) is 0 Å². The summed E-state index contributed by atoms with van der Waals surface area (Å²) in [6, 6.07) is 5.71. The zero-order valence-corrected chi connectivity index (χ0v) is 15.4. The van der Waals surface area contributed by atoms with E-state index in [4.69, 9.17) is 0 Å². The summed E-state index contributed by atoms with van der Waals surface area (Å²) in [6.45, 7) is 6.78. The van der Waals surface area contributed by atoms with Gasteiger partial charge in [-0.25, -0.2) is 4.98 Å². The summed E-state index contributed by atoms with van der Waals surface area (Å²) in [4.78, 5) is 28.5. The molecule has 1 amide bonds. The van der Waals surface area contributed by atoms with Gasteiger partial charge in [-0.15, -0.1) is 11.3 Å². The molecular weight excluding hydrogens is 338 g/mol. The van der Waals surface area contributed by atoms with E-state index in [1.54, 1.807) is 6.07 Å². The lowest BCUT2D eigenvalue weighted by Crippen LogP contribution is -2.26. The molecule has 7 heteroatoms. The molecule has 1 heterocycles. The molecule has 3 rings (SSSR count). The summed E-state index contributed by atoms with van der Waals surface area (Å²) >= 11 is 1.51. The van der Waals surface area contributed by atoms with Gasteiger partial charge in [0, 0.05) is 22.6 Å². The zero-order chi connectivity index (χ0) is 18.2. The Morgan fingerprint density at radius 2 is 2.16 bits per heavy atom. The van der Waals surface area contributed by atoms with Gasteiger partial charge < -0.3 is 0 Å².